The average Bonchev–Trinajstić information content (AvgIpc) is 3.78. The molecule has 3 aliphatic heterocycles. The number of aliphatic imine (C=N–C) groups is 1. The molecule has 0 saturated carbocycles. The highest BCUT2D eigenvalue weighted by atomic mass is 31.0. The number of ether oxygens (including phenoxy) is 4. The molecule has 3 aromatic carbocycles. The predicted molar refractivity (Wildman–Crippen MR) is 214 cm³/mol. The lowest BCUT2D eigenvalue weighted by atomic mass is 10.0. The van der Waals surface area contributed by atoms with Crippen molar-refractivity contribution < 1.29 is 33.5 Å². The van der Waals surface area contributed by atoms with Gasteiger partial charge in [0.1, 0.15) is 13.2 Å². The summed E-state index contributed by atoms with van der Waals surface area (Å²) in [5, 5.41) is 12.0. The average molecular weight is 774 g/mol. The van der Waals surface area contributed by atoms with Gasteiger partial charge in [0.15, 0.2) is 23.0 Å². The van der Waals surface area contributed by atoms with Crippen LogP contribution in [0.3, 0.4) is 0 Å². The van der Waals surface area contributed by atoms with E-state index in [1.165, 1.54) is 37.5 Å². The quantitative estimate of drug-likeness (QED) is 0.0844. The fourth-order valence-electron chi connectivity index (χ4n) is 7.85. The minimum absolute atomic E-state index is 0.0414. The van der Waals surface area contributed by atoms with E-state index in [4.69, 9.17) is 23.9 Å². The van der Waals surface area contributed by atoms with E-state index in [9.17, 15) is 19.7 Å². The molecule has 2 amide bonds. The predicted octanol–water partition coefficient (Wildman–Crippen LogP) is 7.43. The van der Waals surface area contributed by atoms with Crippen LogP contribution >= 0.6 is 9.39 Å². The maximum atomic E-state index is 13.9. The Hall–Kier alpha value is -6.12. The number of nitrogens with zero attached hydrogens (tertiary/aromatic N) is 5. The number of anilines is 1. The van der Waals surface area contributed by atoms with Gasteiger partial charge >= 0.3 is 0 Å². The summed E-state index contributed by atoms with van der Waals surface area (Å²) < 4.78 is 25.5. The number of rotatable bonds is 11. The van der Waals surface area contributed by atoms with Gasteiger partial charge in [-0.2, -0.15) is 0 Å². The number of allylic oxidation sites excluding steroid dienone is 3. The summed E-state index contributed by atoms with van der Waals surface area (Å²) in [5.41, 5.74) is 6.99. The van der Waals surface area contributed by atoms with Gasteiger partial charge < -0.3 is 28.5 Å². The molecule has 14 heteroatoms. The molecule has 13 nitrogen and oxygen atoms in total. The Labute approximate surface area is 326 Å². The van der Waals surface area contributed by atoms with E-state index < -0.39 is 4.92 Å². The van der Waals surface area contributed by atoms with Crippen LogP contribution in [0, 0.1) is 22.0 Å². The lowest BCUT2D eigenvalue weighted by Gasteiger charge is -2.24. The molecule has 3 heterocycles. The highest BCUT2D eigenvalue weighted by Crippen LogP contribution is 2.43. The Morgan fingerprint density at radius 2 is 1.71 bits per heavy atom. The first kappa shape index (κ1) is 36.8. The monoisotopic (exact) mass is 773 g/mol. The topological polar surface area (TPSA) is 136 Å². The summed E-state index contributed by atoms with van der Waals surface area (Å²) >= 11 is 0. The van der Waals surface area contributed by atoms with Gasteiger partial charge in [-0.15, -0.1) is 0 Å². The molecule has 0 aromatic heterocycles. The van der Waals surface area contributed by atoms with Gasteiger partial charge in [-0.1, -0.05) is 12.0 Å². The normalized spacial score (nSPS) is 17.7. The van der Waals surface area contributed by atoms with E-state index in [2.05, 4.69) is 27.3 Å². The molecule has 286 valence electrons. The third kappa shape index (κ3) is 6.86. The number of hydrogen-bond acceptors (Lipinski definition) is 10. The van der Waals surface area contributed by atoms with Gasteiger partial charge in [0.25, 0.3) is 17.5 Å². The summed E-state index contributed by atoms with van der Waals surface area (Å²) in [7, 11) is 7.37. The fourth-order valence-corrected chi connectivity index (χ4v) is 8.06. The molecule has 0 fully saturated rings. The summed E-state index contributed by atoms with van der Waals surface area (Å²) in [5.74, 6) is 7.31. The van der Waals surface area contributed by atoms with Crippen LogP contribution in [0.4, 0.5) is 17.1 Å². The number of hydrogen-bond donors (Lipinski definition) is 0. The van der Waals surface area contributed by atoms with E-state index >= 15 is 0 Å². The number of amides is 2. The van der Waals surface area contributed by atoms with Crippen LogP contribution in [0.25, 0.3) is 0 Å². The number of non-ortho nitro benzene ring substituents is 1. The largest absolute Gasteiger partial charge is 0.493 e. The Bertz CT molecular complexity index is 2370. The van der Waals surface area contributed by atoms with Gasteiger partial charge in [0.2, 0.25) is 0 Å². The van der Waals surface area contributed by atoms with Crippen molar-refractivity contribution in [2.24, 2.45) is 4.99 Å². The number of methoxy groups -OCH3 is 2. The Morgan fingerprint density at radius 1 is 0.982 bits per heavy atom. The van der Waals surface area contributed by atoms with Crippen molar-refractivity contribution in [2.45, 2.75) is 57.8 Å². The highest BCUT2D eigenvalue weighted by Gasteiger charge is 2.38. The van der Waals surface area contributed by atoms with Crippen molar-refractivity contribution in [1.29, 1.82) is 0 Å². The van der Waals surface area contributed by atoms with E-state index in [0.29, 0.717) is 63.2 Å². The number of carbonyl (C=O) groups is 2. The highest BCUT2D eigenvalue weighted by molar-refractivity contribution is 7.19. The van der Waals surface area contributed by atoms with Crippen LogP contribution in [0.2, 0.25) is 0 Å². The van der Waals surface area contributed by atoms with Crippen LogP contribution in [0.15, 0.2) is 82.1 Å². The second-order valence-corrected chi connectivity index (χ2v) is 14.9. The van der Waals surface area contributed by atoms with Gasteiger partial charge in [-0.3, -0.25) is 29.6 Å². The molecule has 0 bridgehead atoms. The first-order valence-electron chi connectivity index (χ1n) is 18.4. The number of fused-ring (bicyclic) bond motifs is 3. The second kappa shape index (κ2) is 15.2. The Morgan fingerprint density at radius 3 is 2.43 bits per heavy atom. The first-order chi connectivity index (χ1) is 27.1. The van der Waals surface area contributed by atoms with Crippen molar-refractivity contribution >= 4 is 44.5 Å². The van der Waals surface area contributed by atoms with E-state index in [1.54, 1.807) is 39.9 Å². The van der Waals surface area contributed by atoms with Gasteiger partial charge in [0.05, 0.1) is 53.4 Å². The third-order valence-electron chi connectivity index (χ3n) is 10.6. The number of benzene rings is 3. The van der Waals surface area contributed by atoms with Crippen LogP contribution in [-0.2, 0) is 13.2 Å². The molecule has 2 atom stereocenters. The zero-order chi connectivity index (χ0) is 39.1. The standard InChI is InChI=1S/C42H40N5O8P/c1-44(56)36-21-40(38(53-3)19-32(36)41(48)45-13-12-27-8-4-6-10-34(27)45)55-24-26-14-25(15-29(16-26)47(50)51)23-54-39-20-33-31(18-37(39)52-2)42(49)46-30(22-43-33)17-28-9-5-7-11-35(28)46/h7,11,14-16,18-22,30H,4-5,8-9,12-13,17,23-24,56H2,1-3H3/t30-/m0/s1. The lowest BCUT2D eigenvalue weighted by Crippen LogP contribution is -2.35. The van der Waals surface area contributed by atoms with E-state index in [1.807, 2.05) is 24.2 Å². The fraction of sp³-hybridized carbons (Fsp3) is 0.310. The molecule has 0 radical (unpaired) electrons. The van der Waals surface area contributed by atoms with E-state index in [0.717, 1.165) is 49.9 Å². The molecular weight excluding hydrogens is 733 g/mol. The maximum absolute atomic E-state index is 13.9. The summed E-state index contributed by atoms with van der Waals surface area (Å²) in [6, 6.07) is 11.2. The molecule has 0 N–H and O–H groups in total. The summed E-state index contributed by atoms with van der Waals surface area (Å²) in [4.78, 5) is 47.5. The maximum Gasteiger partial charge on any atom is 0.270 e. The van der Waals surface area contributed by atoms with Crippen molar-refractivity contribution in [3.05, 3.63) is 110 Å². The van der Waals surface area contributed by atoms with Crippen LogP contribution in [0.5, 0.6) is 23.0 Å². The van der Waals surface area contributed by atoms with Crippen LogP contribution in [-0.4, -0.2) is 66.6 Å². The SMILES string of the molecule is COc1cc2c(cc1OCc1cc(COc3cc(N(C)P)c(C(=O)N4CCC5=C4C#CCC5)cc3OC)cc([N+](=O)[O-])c1)N=C[C@@H]1CC3=C(C=CCC3)N1C2=O. The zero-order valence-corrected chi connectivity index (χ0v) is 32.4. The molecule has 5 aliphatic rings. The molecule has 1 unspecified atom stereocenters. The third-order valence-corrected chi connectivity index (χ3v) is 10.9. The summed E-state index contributed by atoms with van der Waals surface area (Å²) in [6.07, 6.45) is 11.1. The van der Waals surface area contributed by atoms with E-state index in [-0.39, 0.29) is 36.8 Å². The Balaban J connectivity index is 1.02. The number of carbonyl (C=O) groups excluding carboxylic acids is 2. The zero-order valence-electron chi connectivity index (χ0n) is 31.3. The van der Waals surface area contributed by atoms with Gasteiger partial charge in [0, 0.05) is 56.2 Å². The Kier molecular flexibility index (Phi) is 9.99. The summed E-state index contributed by atoms with van der Waals surface area (Å²) in [6.45, 7) is 0.486. The van der Waals surface area contributed by atoms with Crippen molar-refractivity contribution in [3.63, 3.8) is 0 Å². The molecule has 0 spiro atoms. The molecule has 56 heavy (non-hydrogen) atoms. The molecular formula is C42H40N5O8P. The van der Waals surface area contributed by atoms with Crippen LogP contribution < -0.4 is 23.6 Å². The van der Waals surface area contributed by atoms with Crippen LogP contribution in [0.1, 0.15) is 70.4 Å². The minimum atomic E-state index is -0.469. The molecule has 2 aliphatic carbocycles. The smallest absolute Gasteiger partial charge is 0.270 e. The molecule has 3 aromatic rings. The molecule has 0 saturated heterocycles. The van der Waals surface area contributed by atoms with Crippen molar-refractivity contribution in [1.82, 2.24) is 9.80 Å². The minimum Gasteiger partial charge on any atom is -0.493 e. The number of nitro groups is 1. The van der Waals surface area contributed by atoms with Gasteiger partial charge in [-0.25, -0.2) is 0 Å². The lowest BCUT2D eigenvalue weighted by molar-refractivity contribution is -0.385. The first-order valence-corrected chi connectivity index (χ1v) is 18.9. The van der Waals surface area contributed by atoms with Crippen molar-refractivity contribution in [2.75, 3.05) is 32.5 Å². The number of nitro benzene ring substituents is 1. The van der Waals surface area contributed by atoms with Crippen molar-refractivity contribution in [3.8, 4) is 34.8 Å². The molecule has 8 rings (SSSR count). The van der Waals surface area contributed by atoms with Gasteiger partial charge in [-0.05, 0) is 94.0 Å². The second-order valence-electron chi connectivity index (χ2n) is 14.1.